The fraction of sp³-hybridized carbons (Fsp3) is 0.500. The van der Waals surface area contributed by atoms with Gasteiger partial charge in [0.15, 0.2) is 9.84 Å². The van der Waals surface area contributed by atoms with E-state index >= 15 is 0 Å². The maximum atomic E-state index is 12.9. The van der Waals surface area contributed by atoms with Gasteiger partial charge in [0.05, 0.1) is 28.2 Å². The summed E-state index contributed by atoms with van der Waals surface area (Å²) in [5, 5.41) is 8.83. The van der Waals surface area contributed by atoms with Crippen LogP contribution in [0.4, 0.5) is 0 Å². The van der Waals surface area contributed by atoms with E-state index in [1.54, 1.807) is 0 Å². The Morgan fingerprint density at radius 1 is 1.30 bits per heavy atom. The van der Waals surface area contributed by atoms with Gasteiger partial charge in [-0.25, -0.2) is 16.8 Å². The minimum absolute atomic E-state index is 0.0213. The second-order valence-corrected chi connectivity index (χ2v) is 10.4. The first-order valence-corrected chi connectivity index (χ1v) is 10.8. The maximum Gasteiger partial charge on any atom is 0.244 e. The van der Waals surface area contributed by atoms with E-state index in [2.05, 4.69) is 0 Å². The molecule has 124 valence electrons. The van der Waals surface area contributed by atoms with Gasteiger partial charge in [0.25, 0.3) is 0 Å². The molecule has 0 bridgehead atoms. The standard InChI is InChI=1S/C14H15ClN2O4S2/c15-12-7-10(8-16)1-4-14(12)23(20,21)17-5-6-22(18,19)9-13(17)11-2-3-11/h1,4,7,11,13H,2-3,5-6,9H2. The van der Waals surface area contributed by atoms with Gasteiger partial charge < -0.3 is 0 Å². The first-order chi connectivity index (χ1) is 10.7. The smallest absolute Gasteiger partial charge is 0.229 e. The summed E-state index contributed by atoms with van der Waals surface area (Å²) < 4.78 is 50.9. The van der Waals surface area contributed by atoms with Gasteiger partial charge in [-0.2, -0.15) is 9.57 Å². The Morgan fingerprint density at radius 2 is 2.00 bits per heavy atom. The molecule has 1 heterocycles. The van der Waals surface area contributed by atoms with Crippen molar-refractivity contribution in [1.29, 1.82) is 5.26 Å². The summed E-state index contributed by atoms with van der Waals surface area (Å²) in [5.74, 6) is -0.217. The van der Waals surface area contributed by atoms with Crippen LogP contribution in [0.25, 0.3) is 0 Å². The zero-order chi connectivity index (χ0) is 16.8. The van der Waals surface area contributed by atoms with E-state index in [0.29, 0.717) is 0 Å². The molecular weight excluding hydrogens is 360 g/mol. The molecule has 0 spiro atoms. The molecule has 1 atom stereocenters. The number of benzene rings is 1. The molecule has 9 heteroatoms. The Balaban J connectivity index is 2.00. The molecule has 1 aliphatic heterocycles. The molecular formula is C14H15ClN2O4S2. The third kappa shape index (κ3) is 3.24. The number of halogens is 1. The van der Waals surface area contributed by atoms with Gasteiger partial charge in [0, 0.05) is 12.6 Å². The lowest BCUT2D eigenvalue weighted by molar-refractivity contribution is 0.311. The van der Waals surface area contributed by atoms with Crippen molar-refractivity contribution in [3.8, 4) is 6.07 Å². The zero-order valence-corrected chi connectivity index (χ0v) is 14.5. The predicted octanol–water partition coefficient (Wildman–Crippen LogP) is 1.41. The monoisotopic (exact) mass is 374 g/mol. The highest BCUT2D eigenvalue weighted by Crippen LogP contribution is 2.40. The highest BCUT2D eigenvalue weighted by Gasteiger charge is 2.46. The molecule has 0 aromatic heterocycles. The maximum absolute atomic E-state index is 12.9. The number of rotatable bonds is 3. The quantitative estimate of drug-likeness (QED) is 0.797. The van der Waals surface area contributed by atoms with E-state index in [-0.39, 0.29) is 39.4 Å². The van der Waals surface area contributed by atoms with Crippen LogP contribution in [0.15, 0.2) is 23.1 Å². The van der Waals surface area contributed by atoms with Crippen molar-refractivity contribution < 1.29 is 16.8 Å². The van der Waals surface area contributed by atoms with Crippen LogP contribution in [-0.4, -0.2) is 45.2 Å². The summed E-state index contributed by atoms with van der Waals surface area (Å²) in [4.78, 5) is -0.0804. The molecule has 1 saturated heterocycles. The van der Waals surface area contributed by atoms with Crippen molar-refractivity contribution >= 4 is 31.5 Å². The van der Waals surface area contributed by atoms with Crippen LogP contribution >= 0.6 is 11.6 Å². The molecule has 6 nitrogen and oxygen atoms in total. The Kier molecular flexibility index (Phi) is 4.17. The van der Waals surface area contributed by atoms with Crippen LogP contribution < -0.4 is 0 Å². The molecule has 1 unspecified atom stereocenters. The fourth-order valence-corrected chi connectivity index (χ4v) is 6.91. The molecule has 2 aliphatic rings. The Labute approximate surface area is 140 Å². The van der Waals surface area contributed by atoms with Crippen LogP contribution in [0.3, 0.4) is 0 Å². The van der Waals surface area contributed by atoms with Crippen molar-refractivity contribution in [2.45, 2.75) is 23.8 Å². The summed E-state index contributed by atoms with van der Waals surface area (Å²) in [6.07, 6.45) is 1.68. The van der Waals surface area contributed by atoms with Crippen molar-refractivity contribution in [2.24, 2.45) is 5.92 Å². The highest BCUT2D eigenvalue weighted by molar-refractivity contribution is 7.92. The lowest BCUT2D eigenvalue weighted by Crippen LogP contribution is -2.52. The predicted molar refractivity (Wildman–Crippen MR) is 85.2 cm³/mol. The van der Waals surface area contributed by atoms with Crippen molar-refractivity contribution in [1.82, 2.24) is 4.31 Å². The van der Waals surface area contributed by atoms with Crippen molar-refractivity contribution in [3.63, 3.8) is 0 Å². The number of sulfone groups is 1. The lowest BCUT2D eigenvalue weighted by Gasteiger charge is -2.34. The second-order valence-electron chi connectivity index (χ2n) is 5.89. The second kappa shape index (κ2) is 5.74. The van der Waals surface area contributed by atoms with Crippen molar-refractivity contribution in [2.75, 3.05) is 18.1 Å². The topological polar surface area (TPSA) is 95.3 Å². The van der Waals surface area contributed by atoms with E-state index in [0.717, 1.165) is 12.8 Å². The van der Waals surface area contributed by atoms with Gasteiger partial charge in [-0.3, -0.25) is 0 Å². The molecule has 0 N–H and O–H groups in total. The SMILES string of the molecule is N#Cc1ccc(S(=O)(=O)N2CCS(=O)(=O)CC2C2CC2)c(Cl)c1. The van der Waals surface area contributed by atoms with Gasteiger partial charge in [-0.1, -0.05) is 11.6 Å². The van der Waals surface area contributed by atoms with E-state index in [4.69, 9.17) is 16.9 Å². The number of nitrogens with zero attached hydrogens (tertiary/aromatic N) is 2. The van der Waals surface area contributed by atoms with Crippen LogP contribution in [0.2, 0.25) is 5.02 Å². The van der Waals surface area contributed by atoms with Crippen LogP contribution in [0.1, 0.15) is 18.4 Å². The molecule has 1 aromatic rings. The van der Waals surface area contributed by atoms with Gasteiger partial charge >= 0.3 is 0 Å². The Bertz CT molecular complexity index is 886. The summed E-state index contributed by atoms with van der Waals surface area (Å²) in [5.41, 5.74) is 0.272. The minimum atomic E-state index is -3.89. The molecule has 23 heavy (non-hydrogen) atoms. The summed E-state index contributed by atoms with van der Waals surface area (Å²) in [7, 11) is -7.11. The third-order valence-corrected chi connectivity index (χ3v) is 8.29. The van der Waals surface area contributed by atoms with Gasteiger partial charge in [0.1, 0.15) is 4.90 Å². The highest BCUT2D eigenvalue weighted by atomic mass is 35.5. The van der Waals surface area contributed by atoms with E-state index in [1.807, 2.05) is 6.07 Å². The molecule has 0 amide bonds. The number of nitriles is 1. The number of hydrogen-bond acceptors (Lipinski definition) is 5. The Morgan fingerprint density at radius 3 is 2.57 bits per heavy atom. The van der Waals surface area contributed by atoms with Crippen LogP contribution in [0.5, 0.6) is 0 Å². The molecule has 1 aliphatic carbocycles. The molecule has 1 saturated carbocycles. The molecule has 0 radical (unpaired) electrons. The normalized spacial score (nSPS) is 25.0. The zero-order valence-electron chi connectivity index (χ0n) is 12.1. The summed E-state index contributed by atoms with van der Waals surface area (Å²) in [6.45, 7) is -0.0534. The Hall–Kier alpha value is -1.14. The summed E-state index contributed by atoms with van der Waals surface area (Å²) >= 11 is 6.04. The first kappa shape index (κ1) is 16.7. The first-order valence-electron chi connectivity index (χ1n) is 7.16. The number of hydrogen-bond donors (Lipinski definition) is 0. The fourth-order valence-electron chi connectivity index (χ4n) is 2.88. The van der Waals surface area contributed by atoms with Gasteiger partial charge in [-0.05, 0) is 37.0 Å². The number of sulfonamides is 1. The van der Waals surface area contributed by atoms with E-state index < -0.39 is 25.9 Å². The minimum Gasteiger partial charge on any atom is -0.229 e. The van der Waals surface area contributed by atoms with Crippen molar-refractivity contribution in [3.05, 3.63) is 28.8 Å². The third-order valence-electron chi connectivity index (χ3n) is 4.23. The largest absolute Gasteiger partial charge is 0.244 e. The average Bonchev–Trinajstić information content (AvgIpc) is 3.30. The summed E-state index contributed by atoms with van der Waals surface area (Å²) in [6, 6.07) is 5.39. The van der Waals surface area contributed by atoms with Crippen LogP contribution in [-0.2, 0) is 19.9 Å². The van der Waals surface area contributed by atoms with Gasteiger partial charge in [0.2, 0.25) is 10.0 Å². The lowest BCUT2D eigenvalue weighted by atomic mass is 10.2. The average molecular weight is 375 g/mol. The molecule has 1 aromatic carbocycles. The van der Waals surface area contributed by atoms with Crippen LogP contribution in [0, 0.1) is 17.2 Å². The van der Waals surface area contributed by atoms with E-state index in [9.17, 15) is 16.8 Å². The van der Waals surface area contributed by atoms with Gasteiger partial charge in [-0.15, -0.1) is 0 Å². The molecule has 3 rings (SSSR count). The van der Waals surface area contributed by atoms with E-state index in [1.165, 1.54) is 22.5 Å². The molecule has 2 fully saturated rings.